The molecule has 8 nitrogen and oxygen atoms in total. The SMILES string of the molecule is CCn1c(C)c(C(=O)c2nc(-c3ccco3)c(-c3ccco3)nc2C(=O)O)c2ccccc21. The van der Waals surface area contributed by atoms with Crippen LogP contribution in [0.4, 0.5) is 0 Å². The van der Waals surface area contributed by atoms with E-state index in [1.165, 1.54) is 12.5 Å². The zero-order valence-electron chi connectivity index (χ0n) is 17.9. The Morgan fingerprint density at radius 1 is 0.909 bits per heavy atom. The number of carboxylic acids is 1. The maximum absolute atomic E-state index is 13.8. The van der Waals surface area contributed by atoms with Gasteiger partial charge >= 0.3 is 5.97 Å². The van der Waals surface area contributed by atoms with E-state index in [9.17, 15) is 14.7 Å². The van der Waals surface area contributed by atoms with Gasteiger partial charge in [0.05, 0.1) is 18.1 Å². The number of hydrogen-bond acceptors (Lipinski definition) is 6. The van der Waals surface area contributed by atoms with E-state index in [1.807, 2.05) is 42.7 Å². The fourth-order valence-electron chi connectivity index (χ4n) is 4.16. The number of aromatic carboxylic acids is 1. The number of hydrogen-bond donors (Lipinski definition) is 1. The van der Waals surface area contributed by atoms with Crippen LogP contribution in [-0.2, 0) is 6.54 Å². The van der Waals surface area contributed by atoms with Crippen molar-refractivity contribution in [2.24, 2.45) is 0 Å². The molecule has 0 saturated heterocycles. The van der Waals surface area contributed by atoms with Crippen LogP contribution in [0.5, 0.6) is 0 Å². The first-order valence-corrected chi connectivity index (χ1v) is 10.4. The molecule has 0 unspecified atom stereocenters. The molecule has 0 aliphatic rings. The van der Waals surface area contributed by atoms with Crippen LogP contribution in [0.2, 0.25) is 0 Å². The number of carboxylic acid groups (broad SMARTS) is 1. The second-order valence-electron chi connectivity index (χ2n) is 7.43. The largest absolute Gasteiger partial charge is 0.476 e. The van der Waals surface area contributed by atoms with E-state index in [0.29, 0.717) is 23.6 Å². The van der Waals surface area contributed by atoms with E-state index in [4.69, 9.17) is 8.83 Å². The molecule has 0 bridgehead atoms. The molecule has 0 amide bonds. The highest BCUT2D eigenvalue weighted by Crippen LogP contribution is 2.33. The highest BCUT2D eigenvalue weighted by atomic mass is 16.4. The number of para-hydroxylation sites is 1. The van der Waals surface area contributed by atoms with Crippen LogP contribution in [0.15, 0.2) is 69.9 Å². The van der Waals surface area contributed by atoms with Crippen LogP contribution in [0.25, 0.3) is 33.8 Å². The third-order valence-corrected chi connectivity index (χ3v) is 5.60. The molecule has 0 aliphatic carbocycles. The number of aromatic nitrogens is 3. The minimum Gasteiger partial charge on any atom is -0.476 e. The number of carbonyl (C=O) groups excluding carboxylic acids is 1. The van der Waals surface area contributed by atoms with Crippen LogP contribution >= 0.6 is 0 Å². The van der Waals surface area contributed by atoms with Gasteiger partial charge in [-0.25, -0.2) is 14.8 Å². The summed E-state index contributed by atoms with van der Waals surface area (Å²) in [6.07, 6.45) is 2.92. The van der Waals surface area contributed by atoms with E-state index >= 15 is 0 Å². The smallest absolute Gasteiger partial charge is 0.356 e. The van der Waals surface area contributed by atoms with Crippen molar-refractivity contribution in [2.75, 3.05) is 0 Å². The summed E-state index contributed by atoms with van der Waals surface area (Å²) < 4.78 is 13.0. The first kappa shape index (κ1) is 20.4. The fourth-order valence-corrected chi connectivity index (χ4v) is 4.16. The minimum atomic E-state index is -1.36. The summed E-state index contributed by atoms with van der Waals surface area (Å²) in [6.45, 7) is 4.49. The molecule has 0 radical (unpaired) electrons. The van der Waals surface area contributed by atoms with Gasteiger partial charge in [0.15, 0.2) is 17.2 Å². The minimum absolute atomic E-state index is 0.177. The predicted octanol–water partition coefficient (Wildman–Crippen LogP) is 5.21. The number of rotatable bonds is 6. The molecule has 1 N–H and O–H groups in total. The van der Waals surface area contributed by atoms with Gasteiger partial charge < -0.3 is 18.5 Å². The van der Waals surface area contributed by atoms with E-state index in [2.05, 4.69) is 9.97 Å². The Morgan fingerprint density at radius 3 is 2.06 bits per heavy atom. The number of furan rings is 2. The second-order valence-corrected chi connectivity index (χ2v) is 7.43. The highest BCUT2D eigenvalue weighted by molar-refractivity contribution is 6.19. The summed E-state index contributed by atoms with van der Waals surface area (Å²) in [6, 6.07) is 14.2. The molecule has 4 heterocycles. The molecular formula is C25H19N3O5. The number of aryl methyl sites for hydroxylation is 1. The van der Waals surface area contributed by atoms with Crippen molar-refractivity contribution in [1.29, 1.82) is 0 Å². The van der Waals surface area contributed by atoms with Gasteiger partial charge in [-0.2, -0.15) is 0 Å². The van der Waals surface area contributed by atoms with Crippen LogP contribution in [0.3, 0.4) is 0 Å². The van der Waals surface area contributed by atoms with Gasteiger partial charge in [-0.1, -0.05) is 18.2 Å². The lowest BCUT2D eigenvalue weighted by Crippen LogP contribution is -2.17. The fraction of sp³-hybridized carbons (Fsp3) is 0.120. The molecule has 5 rings (SSSR count). The molecule has 1 aromatic carbocycles. The average Bonchev–Trinajstić information content (AvgIpc) is 3.58. The Bertz CT molecular complexity index is 1500. The number of carbonyl (C=O) groups is 2. The predicted molar refractivity (Wildman–Crippen MR) is 120 cm³/mol. The third kappa shape index (κ3) is 3.23. The number of nitrogens with zero attached hydrogens (tertiary/aromatic N) is 3. The molecule has 33 heavy (non-hydrogen) atoms. The van der Waals surface area contributed by atoms with Gasteiger partial charge in [0.2, 0.25) is 5.78 Å². The van der Waals surface area contributed by atoms with Crippen molar-refractivity contribution < 1.29 is 23.5 Å². The molecule has 0 atom stereocenters. The van der Waals surface area contributed by atoms with Crippen LogP contribution in [0.1, 0.15) is 39.2 Å². The standard InChI is InChI=1S/C25H19N3O5/c1-3-28-14(2)19(15-8-4-5-9-16(15)28)24(29)22-23(25(30)31)27-21(18-11-7-13-33-18)20(26-22)17-10-6-12-32-17/h4-13H,3H2,1-2H3,(H,30,31). The van der Waals surface area contributed by atoms with E-state index in [1.54, 1.807) is 24.3 Å². The Hall–Kier alpha value is -4.46. The number of fused-ring (bicyclic) bond motifs is 1. The third-order valence-electron chi connectivity index (χ3n) is 5.60. The summed E-state index contributed by atoms with van der Waals surface area (Å²) in [5, 5.41) is 10.7. The van der Waals surface area contributed by atoms with Crippen LogP contribution in [-0.4, -0.2) is 31.4 Å². The molecule has 0 fully saturated rings. The summed E-state index contributed by atoms with van der Waals surface area (Å²) >= 11 is 0. The van der Waals surface area contributed by atoms with Crippen LogP contribution < -0.4 is 0 Å². The lowest BCUT2D eigenvalue weighted by atomic mass is 10.0. The van der Waals surface area contributed by atoms with Crippen molar-refractivity contribution in [1.82, 2.24) is 14.5 Å². The van der Waals surface area contributed by atoms with E-state index in [-0.39, 0.29) is 17.1 Å². The number of benzene rings is 1. The van der Waals surface area contributed by atoms with Crippen molar-refractivity contribution in [3.63, 3.8) is 0 Å². The lowest BCUT2D eigenvalue weighted by molar-refractivity contribution is 0.0685. The second kappa shape index (κ2) is 7.90. The summed E-state index contributed by atoms with van der Waals surface area (Å²) in [5.41, 5.74) is 1.72. The summed E-state index contributed by atoms with van der Waals surface area (Å²) in [4.78, 5) is 34.8. The highest BCUT2D eigenvalue weighted by Gasteiger charge is 2.30. The maximum Gasteiger partial charge on any atom is 0.356 e. The molecule has 8 heteroatoms. The van der Waals surface area contributed by atoms with Crippen molar-refractivity contribution in [3.05, 3.63) is 83.7 Å². The zero-order chi connectivity index (χ0) is 23.1. The van der Waals surface area contributed by atoms with E-state index in [0.717, 1.165) is 16.6 Å². The Morgan fingerprint density at radius 2 is 1.52 bits per heavy atom. The van der Waals surface area contributed by atoms with Crippen molar-refractivity contribution >= 4 is 22.7 Å². The Kier molecular flexibility index (Phi) is 4.90. The molecular weight excluding hydrogens is 422 g/mol. The molecule has 0 aliphatic heterocycles. The molecule has 0 saturated carbocycles. The van der Waals surface area contributed by atoms with Crippen molar-refractivity contribution in [2.45, 2.75) is 20.4 Å². The average molecular weight is 441 g/mol. The topological polar surface area (TPSA) is 111 Å². The van der Waals surface area contributed by atoms with Gasteiger partial charge in [-0.3, -0.25) is 4.79 Å². The monoisotopic (exact) mass is 441 g/mol. The summed E-state index contributed by atoms with van der Waals surface area (Å²) in [7, 11) is 0. The van der Waals surface area contributed by atoms with E-state index < -0.39 is 17.4 Å². The van der Waals surface area contributed by atoms with Gasteiger partial charge in [-0.15, -0.1) is 0 Å². The normalized spacial score (nSPS) is 11.2. The Labute approximate surface area is 188 Å². The first-order chi connectivity index (χ1) is 16.0. The molecule has 5 aromatic rings. The van der Waals surface area contributed by atoms with Gasteiger partial charge in [0, 0.05) is 23.1 Å². The van der Waals surface area contributed by atoms with Crippen molar-refractivity contribution in [3.8, 4) is 22.9 Å². The first-order valence-electron chi connectivity index (χ1n) is 10.4. The van der Waals surface area contributed by atoms with Gasteiger partial charge in [0.25, 0.3) is 0 Å². The van der Waals surface area contributed by atoms with Gasteiger partial charge in [-0.05, 0) is 44.2 Å². The molecule has 0 spiro atoms. The number of ketones is 1. The lowest BCUT2D eigenvalue weighted by Gasteiger charge is -2.10. The summed E-state index contributed by atoms with van der Waals surface area (Å²) in [5.74, 6) is -1.22. The molecule has 4 aromatic heterocycles. The zero-order valence-corrected chi connectivity index (χ0v) is 17.9. The van der Waals surface area contributed by atoms with Crippen LogP contribution in [0, 0.1) is 6.92 Å². The molecule has 164 valence electrons. The quantitative estimate of drug-likeness (QED) is 0.360. The Balaban J connectivity index is 1.80. The maximum atomic E-state index is 13.8. The van der Waals surface area contributed by atoms with Gasteiger partial charge in [0.1, 0.15) is 17.1 Å².